The van der Waals surface area contributed by atoms with E-state index in [0.717, 1.165) is 24.9 Å². The van der Waals surface area contributed by atoms with Crippen molar-refractivity contribution >= 4 is 34.2 Å². The predicted octanol–water partition coefficient (Wildman–Crippen LogP) is 3.47. The zero-order chi connectivity index (χ0) is 15.5. The Balaban J connectivity index is 1.80. The number of nitrogens with one attached hydrogen (secondary N) is 2. The first kappa shape index (κ1) is 14.6. The number of rotatable bonds is 5. The Labute approximate surface area is 132 Å². The van der Waals surface area contributed by atoms with Crippen LogP contribution in [0.1, 0.15) is 30.1 Å². The molecule has 0 aliphatic carbocycles. The van der Waals surface area contributed by atoms with Crippen LogP contribution < -0.4 is 5.32 Å². The maximum Gasteiger partial charge on any atom is 0.259 e. The third-order valence-corrected chi connectivity index (χ3v) is 3.74. The minimum Gasteiger partial charge on any atom is -0.360 e. The summed E-state index contributed by atoms with van der Waals surface area (Å²) in [5, 5.41) is 11.9. The molecule has 6 nitrogen and oxygen atoms in total. The van der Waals surface area contributed by atoms with Crippen LogP contribution in [-0.2, 0) is 6.54 Å². The third-order valence-electron chi connectivity index (χ3n) is 3.42. The van der Waals surface area contributed by atoms with E-state index in [9.17, 15) is 4.79 Å². The first-order chi connectivity index (χ1) is 10.7. The number of aromatic amines is 1. The molecule has 0 radical (unpaired) electrons. The Morgan fingerprint density at radius 2 is 2.32 bits per heavy atom. The second kappa shape index (κ2) is 6.19. The highest BCUT2D eigenvalue weighted by atomic mass is 35.5. The fourth-order valence-electron chi connectivity index (χ4n) is 2.29. The van der Waals surface area contributed by atoms with Gasteiger partial charge in [-0.15, -0.1) is 5.10 Å². The van der Waals surface area contributed by atoms with Crippen LogP contribution in [0.3, 0.4) is 0 Å². The number of amides is 1. The van der Waals surface area contributed by atoms with Gasteiger partial charge in [0.25, 0.3) is 5.91 Å². The van der Waals surface area contributed by atoms with Crippen molar-refractivity contribution in [3.8, 4) is 0 Å². The summed E-state index contributed by atoms with van der Waals surface area (Å²) in [4.78, 5) is 15.4. The van der Waals surface area contributed by atoms with Crippen LogP contribution in [0.4, 0.5) is 5.82 Å². The molecule has 2 heterocycles. The lowest BCUT2D eigenvalue weighted by Gasteiger charge is -2.01. The summed E-state index contributed by atoms with van der Waals surface area (Å²) in [6.07, 6.45) is 5.47. The van der Waals surface area contributed by atoms with Crippen molar-refractivity contribution < 1.29 is 4.79 Å². The topological polar surface area (TPSA) is 75.6 Å². The van der Waals surface area contributed by atoms with Crippen molar-refractivity contribution in [1.82, 2.24) is 20.0 Å². The number of H-pyrrole nitrogens is 1. The molecule has 2 aromatic heterocycles. The fraction of sp³-hybridized carbons (Fsp3) is 0.267. The molecule has 1 amide bonds. The standard InChI is InChI=1S/C15H16ClN5O/c1-2-3-7-21-9-13(19-20-21)18-15(22)10-8-17-12-6-4-5-11(16)14(10)12/h4-6,8-9,17H,2-3,7H2,1H3,(H,18,22). The lowest BCUT2D eigenvalue weighted by atomic mass is 10.1. The van der Waals surface area contributed by atoms with Crippen LogP contribution >= 0.6 is 11.6 Å². The monoisotopic (exact) mass is 317 g/mol. The Kier molecular flexibility index (Phi) is 4.11. The number of fused-ring (bicyclic) bond motifs is 1. The number of unbranched alkanes of at least 4 members (excludes halogenated alkanes) is 1. The van der Waals surface area contributed by atoms with Crippen molar-refractivity contribution in [3.05, 3.63) is 41.2 Å². The predicted molar refractivity (Wildman–Crippen MR) is 86.2 cm³/mol. The van der Waals surface area contributed by atoms with Gasteiger partial charge in [-0.25, -0.2) is 0 Å². The van der Waals surface area contributed by atoms with Gasteiger partial charge in [-0.3, -0.25) is 9.48 Å². The third kappa shape index (κ3) is 2.82. The second-order valence-corrected chi connectivity index (χ2v) is 5.45. The van der Waals surface area contributed by atoms with E-state index in [2.05, 4.69) is 27.5 Å². The summed E-state index contributed by atoms with van der Waals surface area (Å²) in [7, 11) is 0. The SMILES string of the molecule is CCCCn1cc(NC(=O)c2c[nH]c3cccc(Cl)c23)nn1. The molecule has 114 valence electrons. The van der Waals surface area contributed by atoms with Gasteiger partial charge < -0.3 is 10.3 Å². The lowest BCUT2D eigenvalue weighted by Crippen LogP contribution is -2.11. The van der Waals surface area contributed by atoms with Gasteiger partial charge in [-0.1, -0.05) is 36.2 Å². The molecule has 0 atom stereocenters. The van der Waals surface area contributed by atoms with Crippen LogP contribution in [-0.4, -0.2) is 25.9 Å². The highest BCUT2D eigenvalue weighted by Crippen LogP contribution is 2.26. The minimum atomic E-state index is -0.262. The van der Waals surface area contributed by atoms with E-state index >= 15 is 0 Å². The van der Waals surface area contributed by atoms with Crippen molar-refractivity contribution in [3.63, 3.8) is 0 Å². The van der Waals surface area contributed by atoms with Gasteiger partial charge >= 0.3 is 0 Å². The van der Waals surface area contributed by atoms with Crippen molar-refractivity contribution in [2.24, 2.45) is 0 Å². The average Bonchev–Trinajstić information content (AvgIpc) is 3.12. The molecule has 3 aromatic rings. The maximum atomic E-state index is 12.4. The molecule has 2 N–H and O–H groups in total. The lowest BCUT2D eigenvalue weighted by molar-refractivity contribution is 0.102. The molecule has 0 unspecified atom stereocenters. The van der Waals surface area contributed by atoms with E-state index in [4.69, 9.17) is 11.6 Å². The number of aryl methyl sites for hydroxylation is 1. The van der Waals surface area contributed by atoms with Crippen molar-refractivity contribution in [2.45, 2.75) is 26.3 Å². The van der Waals surface area contributed by atoms with Gasteiger partial charge in [0.2, 0.25) is 0 Å². The van der Waals surface area contributed by atoms with E-state index in [1.54, 1.807) is 23.1 Å². The molecule has 0 spiro atoms. The molecule has 7 heteroatoms. The molecular weight excluding hydrogens is 302 g/mol. The van der Waals surface area contributed by atoms with E-state index in [1.807, 2.05) is 12.1 Å². The first-order valence-corrected chi connectivity index (χ1v) is 7.54. The summed E-state index contributed by atoms with van der Waals surface area (Å²) in [5.74, 6) is 0.171. The molecule has 0 saturated heterocycles. The van der Waals surface area contributed by atoms with Gasteiger partial charge in [0.15, 0.2) is 5.82 Å². The zero-order valence-electron chi connectivity index (χ0n) is 12.1. The van der Waals surface area contributed by atoms with Crippen LogP contribution in [0.5, 0.6) is 0 Å². The summed E-state index contributed by atoms with van der Waals surface area (Å²) in [6, 6.07) is 5.47. The van der Waals surface area contributed by atoms with Gasteiger partial charge in [-0.05, 0) is 18.6 Å². The maximum absolute atomic E-state index is 12.4. The van der Waals surface area contributed by atoms with Crippen LogP contribution in [0.15, 0.2) is 30.6 Å². The number of anilines is 1. The first-order valence-electron chi connectivity index (χ1n) is 7.16. The van der Waals surface area contributed by atoms with Crippen LogP contribution in [0.2, 0.25) is 5.02 Å². The number of halogens is 1. The number of hydrogen-bond donors (Lipinski definition) is 2. The molecule has 0 aliphatic heterocycles. The minimum absolute atomic E-state index is 0.262. The molecule has 0 saturated carbocycles. The quantitative estimate of drug-likeness (QED) is 0.756. The van der Waals surface area contributed by atoms with E-state index in [-0.39, 0.29) is 5.91 Å². The fourth-order valence-corrected chi connectivity index (χ4v) is 2.56. The second-order valence-electron chi connectivity index (χ2n) is 5.04. The number of carbonyl (C=O) groups excluding carboxylic acids is 1. The Bertz CT molecular complexity index is 807. The van der Waals surface area contributed by atoms with Crippen LogP contribution in [0.25, 0.3) is 10.9 Å². The van der Waals surface area contributed by atoms with E-state index < -0.39 is 0 Å². The summed E-state index contributed by atoms with van der Waals surface area (Å²) < 4.78 is 1.72. The summed E-state index contributed by atoms with van der Waals surface area (Å²) >= 11 is 6.18. The molecular formula is C15H16ClN5O. The largest absolute Gasteiger partial charge is 0.360 e. The highest BCUT2D eigenvalue weighted by Gasteiger charge is 2.15. The number of aromatic nitrogens is 4. The van der Waals surface area contributed by atoms with Crippen molar-refractivity contribution in [2.75, 3.05) is 5.32 Å². The van der Waals surface area contributed by atoms with Gasteiger partial charge in [0.1, 0.15) is 0 Å². The van der Waals surface area contributed by atoms with Crippen molar-refractivity contribution in [1.29, 1.82) is 0 Å². The smallest absolute Gasteiger partial charge is 0.259 e. The number of hydrogen-bond acceptors (Lipinski definition) is 3. The zero-order valence-corrected chi connectivity index (χ0v) is 12.9. The average molecular weight is 318 g/mol. The van der Waals surface area contributed by atoms with E-state index in [0.29, 0.717) is 21.8 Å². The normalized spacial score (nSPS) is 11.0. The van der Waals surface area contributed by atoms with Gasteiger partial charge in [0.05, 0.1) is 16.8 Å². The van der Waals surface area contributed by atoms with Gasteiger partial charge in [-0.2, -0.15) is 0 Å². The molecule has 0 fully saturated rings. The molecule has 22 heavy (non-hydrogen) atoms. The summed E-state index contributed by atoms with van der Waals surface area (Å²) in [5.41, 5.74) is 1.31. The molecule has 0 bridgehead atoms. The Hall–Kier alpha value is -2.34. The molecule has 0 aliphatic rings. The summed E-state index contributed by atoms with van der Waals surface area (Å²) in [6.45, 7) is 2.90. The molecule has 3 rings (SSSR count). The van der Waals surface area contributed by atoms with Crippen LogP contribution in [0, 0.1) is 0 Å². The Morgan fingerprint density at radius 3 is 3.14 bits per heavy atom. The highest BCUT2D eigenvalue weighted by molar-refractivity contribution is 6.37. The Morgan fingerprint density at radius 1 is 1.45 bits per heavy atom. The molecule has 1 aromatic carbocycles. The van der Waals surface area contributed by atoms with Gasteiger partial charge in [0, 0.05) is 23.6 Å². The number of nitrogens with zero attached hydrogens (tertiary/aromatic N) is 3. The number of benzene rings is 1. The number of carbonyl (C=O) groups is 1. The van der Waals surface area contributed by atoms with E-state index in [1.165, 1.54) is 0 Å².